The number of fused-ring (bicyclic) bond motifs is 1. The van der Waals surface area contributed by atoms with Crippen molar-refractivity contribution >= 4 is 23.1 Å². The van der Waals surface area contributed by atoms with Crippen LogP contribution in [-0.4, -0.2) is 56.5 Å². The van der Waals surface area contributed by atoms with Gasteiger partial charge in [0.1, 0.15) is 17.0 Å². The summed E-state index contributed by atoms with van der Waals surface area (Å²) in [7, 11) is 3.52. The zero-order valence-electron chi connectivity index (χ0n) is 17.8. The fraction of sp³-hybridized carbons (Fsp3) is 0.381. The van der Waals surface area contributed by atoms with Crippen molar-refractivity contribution in [2.24, 2.45) is 11.8 Å². The Labute approximate surface area is 183 Å². The van der Waals surface area contributed by atoms with E-state index in [0.717, 1.165) is 30.2 Å². The van der Waals surface area contributed by atoms with Crippen molar-refractivity contribution in [2.75, 3.05) is 19.1 Å². The van der Waals surface area contributed by atoms with Gasteiger partial charge in [-0.05, 0) is 25.7 Å². The fourth-order valence-electron chi connectivity index (χ4n) is 3.87. The maximum Gasteiger partial charge on any atom is 0.278 e. The second kappa shape index (κ2) is 8.87. The molecule has 0 aliphatic heterocycles. The molecule has 0 aromatic carbocycles. The summed E-state index contributed by atoms with van der Waals surface area (Å²) in [6.45, 7) is 0. The summed E-state index contributed by atoms with van der Waals surface area (Å²) in [5, 5.41) is 4.88. The highest BCUT2D eigenvalue weighted by Crippen LogP contribution is 2.33. The lowest BCUT2D eigenvalue weighted by Gasteiger charge is -2.30. The maximum atomic E-state index is 13.4. The van der Waals surface area contributed by atoms with Gasteiger partial charge in [-0.15, -0.1) is 0 Å². The molecule has 2 amide bonds. The van der Waals surface area contributed by atoms with Gasteiger partial charge in [0.05, 0.1) is 30.9 Å². The van der Waals surface area contributed by atoms with Gasteiger partial charge in [-0.3, -0.25) is 14.6 Å². The maximum absolute atomic E-state index is 13.4. The third-order valence-corrected chi connectivity index (χ3v) is 5.55. The van der Waals surface area contributed by atoms with Gasteiger partial charge in [0.2, 0.25) is 5.91 Å². The monoisotopic (exact) mass is 441 g/mol. The minimum Gasteiger partial charge on any atom is -0.488 e. The van der Waals surface area contributed by atoms with E-state index in [1.165, 1.54) is 16.9 Å². The molecule has 4 rings (SSSR count). The second-order valence-electron chi connectivity index (χ2n) is 7.94. The van der Waals surface area contributed by atoms with Gasteiger partial charge in [0.15, 0.2) is 11.5 Å². The van der Waals surface area contributed by atoms with Gasteiger partial charge >= 0.3 is 0 Å². The van der Waals surface area contributed by atoms with Crippen LogP contribution in [0.2, 0.25) is 0 Å². The quantitative estimate of drug-likeness (QED) is 0.364. The van der Waals surface area contributed by atoms with E-state index in [2.05, 4.69) is 15.1 Å². The third-order valence-electron chi connectivity index (χ3n) is 5.55. The molecule has 0 atom stereocenters. The molecule has 0 saturated heterocycles. The van der Waals surface area contributed by atoms with Crippen molar-refractivity contribution in [1.29, 1.82) is 0 Å². The Hall–Kier alpha value is -3.60. The van der Waals surface area contributed by atoms with E-state index in [-0.39, 0.29) is 34.8 Å². The number of carbonyl (C=O) groups is 2. The number of ether oxygens (including phenoxy) is 1. The van der Waals surface area contributed by atoms with Crippen LogP contribution in [0.15, 0.2) is 37.1 Å². The number of aromatic nitrogens is 4. The molecule has 0 unspecified atom stereocenters. The Morgan fingerprint density at radius 2 is 1.94 bits per heavy atom. The highest BCUT2D eigenvalue weighted by Gasteiger charge is 2.29. The van der Waals surface area contributed by atoms with Crippen molar-refractivity contribution in [2.45, 2.75) is 31.8 Å². The Morgan fingerprint density at radius 1 is 1.19 bits per heavy atom. The number of hydrogen-bond donors (Lipinski definition) is 1. The van der Waals surface area contributed by atoms with Crippen LogP contribution >= 0.6 is 0 Å². The van der Waals surface area contributed by atoms with E-state index >= 15 is 0 Å². The number of hydrazine groups is 1. The van der Waals surface area contributed by atoms with Crippen LogP contribution in [0, 0.1) is 11.7 Å². The van der Waals surface area contributed by atoms with Crippen LogP contribution < -0.4 is 15.6 Å². The summed E-state index contributed by atoms with van der Waals surface area (Å²) < 4.78 is 20.7. The first-order valence-corrected chi connectivity index (χ1v) is 10.2. The minimum absolute atomic E-state index is 0.00213. The lowest BCUT2D eigenvalue weighted by Crippen LogP contribution is -2.38. The number of amides is 2. The van der Waals surface area contributed by atoms with E-state index in [1.54, 1.807) is 31.3 Å². The lowest BCUT2D eigenvalue weighted by atomic mass is 9.86. The number of rotatable bonds is 5. The first-order chi connectivity index (χ1) is 15.3. The van der Waals surface area contributed by atoms with Crippen molar-refractivity contribution in [3.05, 3.63) is 48.4 Å². The van der Waals surface area contributed by atoms with E-state index < -0.39 is 11.7 Å². The summed E-state index contributed by atoms with van der Waals surface area (Å²) in [5.41, 5.74) is 0.581. The summed E-state index contributed by atoms with van der Waals surface area (Å²) in [4.78, 5) is 34.8. The predicted octanol–water partition coefficient (Wildman–Crippen LogP) is 1.81. The molecule has 32 heavy (non-hydrogen) atoms. The Balaban J connectivity index is 1.49. The van der Waals surface area contributed by atoms with Crippen molar-refractivity contribution in [3.8, 4) is 5.75 Å². The van der Waals surface area contributed by atoms with Gasteiger partial charge in [-0.1, -0.05) is 0 Å². The highest BCUT2D eigenvalue weighted by molar-refractivity contribution is 6.09. The Bertz CT molecular complexity index is 1140. The molecule has 168 valence electrons. The zero-order valence-corrected chi connectivity index (χ0v) is 17.8. The highest BCUT2D eigenvalue weighted by atomic mass is 19.1. The van der Waals surface area contributed by atoms with Gasteiger partial charge in [-0.2, -0.15) is 5.10 Å². The number of anilines is 1. The molecule has 1 saturated carbocycles. The molecule has 1 aliphatic carbocycles. The summed E-state index contributed by atoms with van der Waals surface area (Å²) in [6, 6.07) is 1.64. The van der Waals surface area contributed by atoms with E-state index in [0.29, 0.717) is 18.6 Å². The van der Waals surface area contributed by atoms with Crippen molar-refractivity contribution in [3.63, 3.8) is 0 Å². The largest absolute Gasteiger partial charge is 0.488 e. The molecule has 2 N–H and O–H groups in total. The first kappa shape index (κ1) is 21.6. The second-order valence-corrected chi connectivity index (χ2v) is 7.94. The summed E-state index contributed by atoms with van der Waals surface area (Å²) >= 11 is 0. The SMILES string of the molecule is CN(C)C(=O)C1CCC(Oc2ccncc2N(N)C(=O)c2cnn3cc(F)cnc23)CC1. The molecule has 10 nitrogen and oxygen atoms in total. The van der Waals surface area contributed by atoms with Gasteiger partial charge in [0.25, 0.3) is 5.91 Å². The molecular weight excluding hydrogens is 417 g/mol. The predicted molar refractivity (Wildman–Crippen MR) is 113 cm³/mol. The molecule has 0 bridgehead atoms. The average molecular weight is 441 g/mol. The number of pyridine rings is 1. The van der Waals surface area contributed by atoms with Crippen LogP contribution in [0.1, 0.15) is 36.0 Å². The van der Waals surface area contributed by atoms with E-state index in [9.17, 15) is 14.0 Å². The number of hydrogen-bond acceptors (Lipinski definition) is 7. The Morgan fingerprint density at radius 3 is 2.66 bits per heavy atom. The number of nitrogens with zero attached hydrogens (tertiary/aromatic N) is 6. The molecule has 3 heterocycles. The van der Waals surface area contributed by atoms with Crippen LogP contribution in [0.5, 0.6) is 5.75 Å². The van der Waals surface area contributed by atoms with Crippen LogP contribution in [0.25, 0.3) is 5.65 Å². The van der Waals surface area contributed by atoms with Crippen LogP contribution in [0.3, 0.4) is 0 Å². The van der Waals surface area contributed by atoms with Crippen molar-refractivity contribution < 1.29 is 18.7 Å². The van der Waals surface area contributed by atoms with Crippen LogP contribution in [-0.2, 0) is 4.79 Å². The van der Waals surface area contributed by atoms with Gasteiger partial charge in [0, 0.05) is 32.3 Å². The smallest absolute Gasteiger partial charge is 0.278 e. The molecule has 1 aliphatic rings. The van der Waals surface area contributed by atoms with Crippen LogP contribution in [0.4, 0.5) is 10.1 Å². The zero-order chi connectivity index (χ0) is 22.8. The number of halogens is 1. The van der Waals surface area contributed by atoms with Gasteiger partial charge in [-0.25, -0.2) is 24.7 Å². The molecule has 0 radical (unpaired) electrons. The molecular formula is C21H24FN7O3. The molecule has 3 aromatic rings. The lowest BCUT2D eigenvalue weighted by molar-refractivity contribution is -0.134. The number of carbonyl (C=O) groups excluding carboxylic acids is 2. The summed E-state index contributed by atoms with van der Waals surface area (Å²) in [6.07, 6.45) is 9.20. The van der Waals surface area contributed by atoms with Gasteiger partial charge < -0.3 is 9.64 Å². The molecule has 11 heteroatoms. The number of nitrogens with two attached hydrogens (primary N) is 1. The molecule has 0 spiro atoms. The molecule has 1 fully saturated rings. The third kappa shape index (κ3) is 4.24. The van der Waals surface area contributed by atoms with E-state index in [1.807, 2.05) is 0 Å². The Kier molecular flexibility index (Phi) is 5.99. The van der Waals surface area contributed by atoms with E-state index in [4.69, 9.17) is 10.6 Å². The van der Waals surface area contributed by atoms with Crippen molar-refractivity contribution in [1.82, 2.24) is 24.5 Å². The summed E-state index contributed by atoms with van der Waals surface area (Å²) in [5.74, 6) is 5.51. The average Bonchev–Trinajstić information content (AvgIpc) is 3.21. The topological polar surface area (TPSA) is 119 Å². The fourth-order valence-corrected chi connectivity index (χ4v) is 3.87. The standard InChI is InChI=1S/C21H24FN7O3/c1-27(2)20(30)13-3-5-15(6-4-13)32-18-7-8-24-11-17(18)29(23)21(31)16-10-26-28-12-14(22)9-25-19(16)28/h7-13,15H,3-6,23H2,1-2H3. The first-order valence-electron chi connectivity index (χ1n) is 10.2. The normalized spacial score (nSPS) is 18.4. The minimum atomic E-state index is -0.586. The molecule has 3 aromatic heterocycles.